The Morgan fingerprint density at radius 3 is 1.55 bits per heavy atom. The molecule has 6 aromatic carbocycles. The van der Waals surface area contributed by atoms with Crippen LogP contribution in [-0.2, 0) is 4.57 Å². The van der Waals surface area contributed by atoms with Crippen molar-refractivity contribution in [1.29, 1.82) is 0 Å². The van der Waals surface area contributed by atoms with Crippen LogP contribution in [-0.4, -0.2) is 7.11 Å². The highest BCUT2D eigenvalue weighted by Gasteiger charge is 2.34. The van der Waals surface area contributed by atoms with E-state index in [4.69, 9.17) is 27.9 Å². The van der Waals surface area contributed by atoms with Gasteiger partial charge < -0.3 is 9.30 Å². The molecule has 0 amide bonds. The van der Waals surface area contributed by atoms with Crippen LogP contribution in [0.15, 0.2) is 121 Å². The van der Waals surface area contributed by atoms with Crippen LogP contribution in [0.1, 0.15) is 0 Å². The maximum atomic E-state index is 15.7. The number of hydrogen-bond donors (Lipinski definition) is 0. The van der Waals surface area contributed by atoms with Crippen LogP contribution in [0.5, 0.6) is 5.75 Å². The van der Waals surface area contributed by atoms with Crippen molar-refractivity contribution < 1.29 is 9.30 Å². The smallest absolute Gasteiger partial charge is 0.171 e. The van der Waals surface area contributed by atoms with Gasteiger partial charge in [0.25, 0.3) is 0 Å². The topological polar surface area (TPSA) is 26.3 Å². The summed E-state index contributed by atoms with van der Waals surface area (Å²) in [7, 11) is -1.73. The molecule has 0 saturated carbocycles. The maximum Gasteiger partial charge on any atom is 0.171 e. The summed E-state index contributed by atoms with van der Waals surface area (Å²) in [4.78, 5) is 0. The lowest BCUT2D eigenvalue weighted by Gasteiger charge is -2.25. The van der Waals surface area contributed by atoms with E-state index in [1.807, 2.05) is 66.7 Å². The number of ether oxygens (including phenoxy) is 1. The zero-order chi connectivity index (χ0) is 26.3. The summed E-state index contributed by atoms with van der Waals surface area (Å²) in [6.07, 6.45) is 0. The minimum atomic E-state index is -3.40. The average Bonchev–Trinajstić information content (AvgIpc) is 2.96. The van der Waals surface area contributed by atoms with Crippen molar-refractivity contribution in [3.8, 4) is 16.9 Å². The second kappa shape index (κ2) is 9.97. The Hall–Kier alpha value is -3.55. The molecule has 186 valence electrons. The quantitative estimate of drug-likeness (QED) is 0.200. The molecule has 0 bridgehead atoms. The summed E-state index contributed by atoms with van der Waals surface area (Å²) in [6.45, 7) is 0. The molecular weight excluding hydrogens is 530 g/mol. The van der Waals surface area contributed by atoms with E-state index in [1.165, 1.54) is 0 Å². The van der Waals surface area contributed by atoms with Crippen molar-refractivity contribution in [2.45, 2.75) is 0 Å². The molecule has 0 radical (unpaired) electrons. The highest BCUT2D eigenvalue weighted by atomic mass is 35.5. The third kappa shape index (κ3) is 4.10. The van der Waals surface area contributed by atoms with E-state index in [9.17, 15) is 0 Å². The van der Waals surface area contributed by atoms with Gasteiger partial charge in [-0.2, -0.15) is 0 Å². The first-order valence-corrected chi connectivity index (χ1v) is 14.7. The average molecular weight is 553 g/mol. The number of benzene rings is 6. The molecule has 0 aliphatic carbocycles. The Morgan fingerprint density at radius 1 is 0.553 bits per heavy atom. The van der Waals surface area contributed by atoms with E-state index in [0.29, 0.717) is 20.7 Å². The predicted molar refractivity (Wildman–Crippen MR) is 163 cm³/mol. The fourth-order valence-corrected chi connectivity index (χ4v) is 8.27. The largest absolute Gasteiger partial charge is 0.496 e. The first-order chi connectivity index (χ1) is 18.5. The van der Waals surface area contributed by atoms with Gasteiger partial charge in [-0.15, -0.1) is 0 Å². The molecule has 0 fully saturated rings. The number of fused-ring (bicyclic) bond motifs is 2. The monoisotopic (exact) mass is 552 g/mol. The molecule has 0 aromatic heterocycles. The Kier molecular flexibility index (Phi) is 6.50. The predicted octanol–water partition coefficient (Wildman–Crippen LogP) is 8.61. The molecule has 0 N–H and O–H groups in total. The van der Waals surface area contributed by atoms with Crippen molar-refractivity contribution in [3.63, 3.8) is 0 Å². The summed E-state index contributed by atoms with van der Waals surface area (Å²) >= 11 is 12.5. The van der Waals surface area contributed by atoms with Crippen molar-refractivity contribution >= 4 is 67.8 Å². The lowest BCUT2D eigenvalue weighted by molar-refractivity contribution is 0.417. The molecular formula is C33H23Cl2O2P. The zero-order valence-electron chi connectivity index (χ0n) is 20.6. The van der Waals surface area contributed by atoms with E-state index < -0.39 is 7.14 Å². The number of halogens is 2. The first kappa shape index (κ1) is 24.8. The molecule has 0 saturated heterocycles. The van der Waals surface area contributed by atoms with E-state index in [2.05, 4.69) is 30.3 Å². The standard InChI is InChI=1S/C33H23Cl2O2P/c1-37-30-20-10-22-6-2-4-8-28(22)32(30)33-29-9-5-3-7-23(29)11-21-31(33)38(36,26-16-12-24(34)13-17-26)27-18-14-25(35)15-19-27/h2-21H,1H3. The third-order valence-corrected chi connectivity index (χ3v) is 10.6. The van der Waals surface area contributed by atoms with Crippen LogP contribution in [0.25, 0.3) is 32.7 Å². The summed E-state index contributed by atoms with van der Waals surface area (Å²) in [6, 6.07) is 39.1. The maximum absolute atomic E-state index is 15.7. The molecule has 0 atom stereocenters. The van der Waals surface area contributed by atoms with Gasteiger partial charge in [0.1, 0.15) is 5.75 Å². The van der Waals surface area contributed by atoms with Gasteiger partial charge in [0.15, 0.2) is 7.14 Å². The van der Waals surface area contributed by atoms with Crippen LogP contribution in [0.4, 0.5) is 0 Å². The molecule has 0 spiro atoms. The Balaban J connectivity index is 1.81. The second-order valence-electron chi connectivity index (χ2n) is 9.11. The van der Waals surface area contributed by atoms with E-state index >= 15 is 4.57 Å². The lowest BCUT2D eigenvalue weighted by Crippen LogP contribution is -2.26. The van der Waals surface area contributed by atoms with Gasteiger partial charge in [0, 0.05) is 37.1 Å². The van der Waals surface area contributed by atoms with Crippen LogP contribution in [0.2, 0.25) is 10.0 Å². The minimum Gasteiger partial charge on any atom is -0.496 e. The third-order valence-electron chi connectivity index (χ3n) is 6.99. The molecule has 2 nitrogen and oxygen atoms in total. The van der Waals surface area contributed by atoms with Gasteiger partial charge >= 0.3 is 0 Å². The molecule has 6 rings (SSSR count). The normalized spacial score (nSPS) is 11.7. The van der Waals surface area contributed by atoms with Crippen molar-refractivity contribution in [3.05, 3.63) is 131 Å². The van der Waals surface area contributed by atoms with Crippen LogP contribution in [0, 0.1) is 0 Å². The molecule has 0 aliphatic rings. The minimum absolute atomic E-state index is 0.589. The van der Waals surface area contributed by atoms with Crippen molar-refractivity contribution in [1.82, 2.24) is 0 Å². The van der Waals surface area contributed by atoms with Crippen LogP contribution >= 0.6 is 30.3 Å². The Labute approximate surface area is 231 Å². The summed E-state index contributed by atoms with van der Waals surface area (Å²) < 4.78 is 21.6. The molecule has 0 aliphatic heterocycles. The highest BCUT2D eigenvalue weighted by molar-refractivity contribution is 7.85. The van der Waals surface area contributed by atoms with Crippen LogP contribution in [0.3, 0.4) is 0 Å². The molecule has 5 heteroatoms. The van der Waals surface area contributed by atoms with E-state index in [1.54, 1.807) is 31.4 Å². The molecule has 6 aromatic rings. The van der Waals surface area contributed by atoms with E-state index in [0.717, 1.165) is 43.7 Å². The van der Waals surface area contributed by atoms with Gasteiger partial charge in [0.2, 0.25) is 0 Å². The van der Waals surface area contributed by atoms with Gasteiger partial charge in [-0.1, -0.05) is 83.9 Å². The fraction of sp³-hybridized carbons (Fsp3) is 0.0303. The summed E-state index contributed by atoms with van der Waals surface area (Å²) in [5.74, 6) is 0.722. The van der Waals surface area contributed by atoms with Crippen molar-refractivity contribution in [2.24, 2.45) is 0 Å². The fourth-order valence-electron chi connectivity index (χ4n) is 5.19. The number of rotatable bonds is 5. The lowest BCUT2D eigenvalue weighted by atomic mass is 9.93. The van der Waals surface area contributed by atoms with Gasteiger partial charge in [-0.3, -0.25) is 0 Å². The van der Waals surface area contributed by atoms with Gasteiger partial charge in [-0.05, 0) is 82.2 Å². The number of methoxy groups -OCH3 is 1. The second-order valence-corrected chi connectivity index (χ2v) is 12.7. The van der Waals surface area contributed by atoms with Gasteiger partial charge in [-0.25, -0.2) is 0 Å². The molecule has 0 heterocycles. The summed E-state index contributed by atoms with van der Waals surface area (Å²) in [5.41, 5.74) is 1.81. The molecule has 38 heavy (non-hydrogen) atoms. The highest BCUT2D eigenvalue weighted by Crippen LogP contribution is 2.50. The zero-order valence-corrected chi connectivity index (χ0v) is 23.0. The Bertz CT molecular complexity index is 1800. The number of hydrogen-bond acceptors (Lipinski definition) is 2. The SMILES string of the molecule is COc1ccc2ccccc2c1-c1c(P(=O)(c2ccc(Cl)cc2)c2ccc(Cl)cc2)ccc2ccccc12. The van der Waals surface area contributed by atoms with E-state index in [-0.39, 0.29) is 0 Å². The van der Waals surface area contributed by atoms with Gasteiger partial charge in [0.05, 0.1) is 7.11 Å². The summed E-state index contributed by atoms with van der Waals surface area (Å²) in [5, 5.41) is 7.47. The Morgan fingerprint density at radius 2 is 1.03 bits per heavy atom. The van der Waals surface area contributed by atoms with Crippen LogP contribution < -0.4 is 20.7 Å². The van der Waals surface area contributed by atoms with Crippen molar-refractivity contribution in [2.75, 3.05) is 7.11 Å². The molecule has 0 unspecified atom stereocenters. The first-order valence-electron chi connectivity index (χ1n) is 12.2.